The fraction of sp³-hybridized carbons (Fsp3) is 0.769. The third kappa shape index (κ3) is 9.62. The third-order valence-corrected chi connectivity index (χ3v) is 12.7. The molecule has 0 saturated carbocycles. The average molecular weight is 455 g/mol. The molecule has 0 bridgehead atoms. The number of hydrogen-bond acceptors (Lipinski definition) is 1. The van der Waals surface area contributed by atoms with Crippen LogP contribution in [0, 0.1) is 11.8 Å². The van der Waals surface area contributed by atoms with Crippen molar-refractivity contribution < 1.29 is 0 Å². The fourth-order valence-corrected chi connectivity index (χ4v) is 11.6. The standard InChI is InChI=1S/C20H32P2.C5H12S.CH4/c1-3-4-7-18-11-14-21(15-12-18)19-8-5-6-9-20(19)22-13-10-17(2)16-22;1-3-4-5-6-2;/h5-6,8-9,17-18H,3-4,7,10-16H2,1-2H3;3-5H2,1-2H3;1H4. The van der Waals surface area contributed by atoms with Crippen molar-refractivity contribution in [3.63, 3.8) is 0 Å². The van der Waals surface area contributed by atoms with Gasteiger partial charge in [-0.15, -0.1) is 0 Å². The zero-order chi connectivity index (χ0) is 20.2. The Balaban J connectivity index is 0.000000529. The Morgan fingerprint density at radius 2 is 1.48 bits per heavy atom. The molecule has 0 spiro atoms. The van der Waals surface area contributed by atoms with Crippen LogP contribution in [-0.4, -0.2) is 36.7 Å². The van der Waals surface area contributed by atoms with E-state index in [1.807, 2.05) is 17.1 Å². The minimum atomic E-state index is 0. The van der Waals surface area contributed by atoms with Crippen LogP contribution < -0.4 is 10.6 Å². The van der Waals surface area contributed by atoms with Gasteiger partial charge in [-0.2, -0.15) is 11.8 Å². The van der Waals surface area contributed by atoms with Crippen LogP contribution in [0.4, 0.5) is 0 Å². The minimum absolute atomic E-state index is 0. The topological polar surface area (TPSA) is 0 Å². The van der Waals surface area contributed by atoms with Crippen LogP contribution in [0.15, 0.2) is 24.3 Å². The van der Waals surface area contributed by atoms with Gasteiger partial charge >= 0.3 is 0 Å². The maximum Gasteiger partial charge on any atom is -0.00704 e. The van der Waals surface area contributed by atoms with E-state index >= 15 is 0 Å². The second-order valence-corrected chi connectivity index (χ2v) is 14.6. The molecule has 2 atom stereocenters. The lowest BCUT2D eigenvalue weighted by Crippen LogP contribution is -2.27. The summed E-state index contributed by atoms with van der Waals surface area (Å²) in [5.41, 5.74) is 0. The lowest BCUT2D eigenvalue weighted by Gasteiger charge is -2.31. The van der Waals surface area contributed by atoms with Gasteiger partial charge in [-0.25, -0.2) is 0 Å². The van der Waals surface area contributed by atoms with E-state index in [1.165, 1.54) is 81.8 Å². The highest BCUT2D eigenvalue weighted by Gasteiger charge is 2.28. The second-order valence-electron chi connectivity index (χ2n) is 8.75. The summed E-state index contributed by atoms with van der Waals surface area (Å²) in [4.78, 5) is 0. The van der Waals surface area contributed by atoms with Gasteiger partial charge in [0.05, 0.1) is 0 Å². The summed E-state index contributed by atoms with van der Waals surface area (Å²) in [6.45, 7) is 7.00. The number of unbranched alkanes of at least 4 members (excludes halogenated alkanes) is 2. The molecule has 2 saturated heterocycles. The van der Waals surface area contributed by atoms with Crippen molar-refractivity contribution >= 4 is 38.2 Å². The van der Waals surface area contributed by atoms with E-state index < -0.39 is 0 Å². The van der Waals surface area contributed by atoms with Crippen molar-refractivity contribution in [1.82, 2.24) is 0 Å². The second kappa shape index (κ2) is 16.1. The molecule has 0 aromatic heterocycles. The molecule has 29 heavy (non-hydrogen) atoms. The molecule has 0 nitrogen and oxygen atoms in total. The first-order chi connectivity index (χ1) is 13.7. The van der Waals surface area contributed by atoms with Gasteiger partial charge in [-0.1, -0.05) is 94.0 Å². The summed E-state index contributed by atoms with van der Waals surface area (Å²) in [6, 6.07) is 9.59. The SMILES string of the molecule is C.CCCCC1CCP(c2ccccc2P2CCC(C)C2)CC1.CCCCSC. The summed E-state index contributed by atoms with van der Waals surface area (Å²) in [5, 5.41) is 3.62. The van der Waals surface area contributed by atoms with E-state index in [0.29, 0.717) is 0 Å². The monoisotopic (exact) mass is 454 g/mol. The highest BCUT2D eigenvalue weighted by molar-refractivity contribution is 7.98. The maximum absolute atomic E-state index is 2.50. The van der Waals surface area contributed by atoms with E-state index in [0.717, 1.165) is 11.8 Å². The van der Waals surface area contributed by atoms with Crippen molar-refractivity contribution in [2.24, 2.45) is 11.8 Å². The van der Waals surface area contributed by atoms with Crippen molar-refractivity contribution in [3.8, 4) is 0 Å². The quantitative estimate of drug-likeness (QED) is 0.281. The molecule has 0 N–H and O–H groups in total. The van der Waals surface area contributed by atoms with Gasteiger partial charge in [0.1, 0.15) is 0 Å². The predicted octanol–water partition coefficient (Wildman–Crippen LogP) is 8.33. The van der Waals surface area contributed by atoms with Crippen LogP contribution >= 0.6 is 27.6 Å². The molecule has 168 valence electrons. The molecule has 1 aromatic rings. The lowest BCUT2D eigenvalue weighted by molar-refractivity contribution is 0.433. The maximum atomic E-state index is 2.50. The summed E-state index contributed by atoms with van der Waals surface area (Å²) >= 11 is 1.93. The van der Waals surface area contributed by atoms with Crippen LogP contribution in [-0.2, 0) is 0 Å². The van der Waals surface area contributed by atoms with E-state index in [9.17, 15) is 0 Å². The molecule has 3 heteroatoms. The van der Waals surface area contributed by atoms with Crippen molar-refractivity contribution in [2.75, 3.05) is 36.7 Å². The van der Waals surface area contributed by atoms with Crippen LogP contribution in [0.25, 0.3) is 0 Å². The summed E-state index contributed by atoms with van der Waals surface area (Å²) < 4.78 is 0. The summed E-state index contributed by atoms with van der Waals surface area (Å²) in [6.07, 6.45) is 19.7. The molecule has 0 aliphatic carbocycles. The number of thioether (sulfide) groups is 1. The molecule has 0 radical (unpaired) electrons. The van der Waals surface area contributed by atoms with Gasteiger partial charge in [-0.3, -0.25) is 0 Å². The highest BCUT2D eigenvalue weighted by atomic mass is 32.2. The van der Waals surface area contributed by atoms with Gasteiger partial charge in [0.15, 0.2) is 0 Å². The zero-order valence-electron chi connectivity index (χ0n) is 19.0. The highest BCUT2D eigenvalue weighted by Crippen LogP contribution is 2.49. The van der Waals surface area contributed by atoms with Gasteiger partial charge in [-0.05, 0) is 84.8 Å². The molecule has 2 heterocycles. The molecular weight excluding hydrogens is 406 g/mol. The van der Waals surface area contributed by atoms with Crippen LogP contribution in [0.3, 0.4) is 0 Å². The predicted molar refractivity (Wildman–Crippen MR) is 145 cm³/mol. The first-order valence-corrected chi connectivity index (χ1v) is 16.6. The summed E-state index contributed by atoms with van der Waals surface area (Å²) in [7, 11) is 0.327. The van der Waals surface area contributed by atoms with Gasteiger partial charge < -0.3 is 0 Å². The zero-order valence-corrected chi connectivity index (χ0v) is 21.6. The fourth-order valence-electron chi connectivity index (χ4n) is 4.40. The Morgan fingerprint density at radius 3 is 1.97 bits per heavy atom. The van der Waals surface area contributed by atoms with E-state index in [4.69, 9.17) is 0 Å². The largest absolute Gasteiger partial charge is 0.165 e. The number of benzene rings is 1. The van der Waals surface area contributed by atoms with Crippen LogP contribution in [0.5, 0.6) is 0 Å². The Morgan fingerprint density at radius 1 is 0.897 bits per heavy atom. The Hall–Kier alpha value is 0.430. The molecule has 2 fully saturated rings. The molecule has 3 rings (SSSR count). The van der Waals surface area contributed by atoms with E-state index in [1.54, 1.807) is 5.30 Å². The third-order valence-electron chi connectivity index (χ3n) is 6.27. The van der Waals surface area contributed by atoms with Crippen LogP contribution in [0.2, 0.25) is 0 Å². The number of hydrogen-bond donors (Lipinski definition) is 0. The molecule has 2 unspecified atom stereocenters. The van der Waals surface area contributed by atoms with Crippen molar-refractivity contribution in [3.05, 3.63) is 24.3 Å². The summed E-state index contributed by atoms with van der Waals surface area (Å²) in [5.74, 6) is 3.34. The first kappa shape index (κ1) is 27.5. The van der Waals surface area contributed by atoms with E-state index in [2.05, 4.69) is 51.3 Å². The van der Waals surface area contributed by atoms with Crippen molar-refractivity contribution in [1.29, 1.82) is 0 Å². The Labute approximate surface area is 190 Å². The van der Waals surface area contributed by atoms with Crippen LogP contribution in [0.1, 0.15) is 79.6 Å². The smallest absolute Gasteiger partial charge is 0.00704 e. The molecule has 2 aliphatic rings. The molecule has 2 aliphatic heterocycles. The first-order valence-electron chi connectivity index (χ1n) is 11.8. The molecule has 0 amide bonds. The van der Waals surface area contributed by atoms with Gasteiger partial charge in [0, 0.05) is 0 Å². The normalized spacial score (nSPS) is 26.3. The Kier molecular flexibility index (Phi) is 15.3. The van der Waals surface area contributed by atoms with Gasteiger partial charge in [0.25, 0.3) is 0 Å². The lowest BCUT2D eigenvalue weighted by atomic mass is 9.96. The molecule has 1 aromatic carbocycles. The number of rotatable bonds is 8. The molecular formula is C26H48P2S. The van der Waals surface area contributed by atoms with Crippen molar-refractivity contribution in [2.45, 2.75) is 79.6 Å². The Bertz CT molecular complexity index is 521. The van der Waals surface area contributed by atoms with Gasteiger partial charge in [0.2, 0.25) is 0 Å². The minimum Gasteiger partial charge on any atom is -0.165 e. The average Bonchev–Trinajstić information content (AvgIpc) is 3.18. The van der Waals surface area contributed by atoms with E-state index in [-0.39, 0.29) is 23.3 Å².